The molecule has 0 saturated carbocycles. The molecule has 0 bridgehead atoms. The molecule has 1 saturated heterocycles. The number of nitrogen functional groups attached to an aromatic ring is 4. The van der Waals surface area contributed by atoms with E-state index in [-0.39, 0.29) is 138 Å². The fraction of sp³-hybridized carbons (Fsp3) is 0.263. The third kappa shape index (κ3) is 31.6. The summed E-state index contributed by atoms with van der Waals surface area (Å²) in [6.07, 6.45) is 7.18. The van der Waals surface area contributed by atoms with Gasteiger partial charge in [0.1, 0.15) is 52.2 Å². The summed E-state index contributed by atoms with van der Waals surface area (Å²) < 4.78 is 53.3. The van der Waals surface area contributed by atoms with Crippen LogP contribution in [0.25, 0.3) is 10.9 Å². The average Bonchev–Trinajstić information content (AvgIpc) is 1.73. The molecule has 14 amide bonds. The minimum atomic E-state index is -1.38. The summed E-state index contributed by atoms with van der Waals surface area (Å²) in [7, 11) is 0. The molecule has 7 heterocycles. The van der Waals surface area contributed by atoms with Crippen LogP contribution in [0.2, 0.25) is 10.0 Å². The number of urea groups is 2. The molecule has 10 aromatic rings. The molecule has 5 aromatic carbocycles. The molecule has 12 rings (SSSR count). The zero-order chi connectivity index (χ0) is 97.5. The summed E-state index contributed by atoms with van der Waals surface area (Å²) in [5, 5.41) is 42.1. The minimum Gasteiger partial charge on any atom is -0.508 e. The maximum atomic E-state index is 14.0. The summed E-state index contributed by atoms with van der Waals surface area (Å²) in [5.74, 6) is -6.74. The van der Waals surface area contributed by atoms with Gasteiger partial charge in [-0.2, -0.15) is 18.9 Å². The molecule has 0 spiro atoms. The second-order valence-corrected chi connectivity index (χ2v) is 29.8. The molecule has 2 aliphatic rings. The maximum Gasteiger partial charge on any atom is 0.340 e. The number of carbonyl (C=O) groups is 14. The van der Waals surface area contributed by atoms with Crippen molar-refractivity contribution in [2.75, 3.05) is 97.9 Å². The number of hydrazone groups is 2. The molecule has 1 fully saturated rings. The van der Waals surface area contributed by atoms with Crippen molar-refractivity contribution >= 4 is 193 Å². The van der Waals surface area contributed by atoms with E-state index in [1.807, 2.05) is 6.07 Å². The fourth-order valence-electron chi connectivity index (χ4n) is 11.5. The van der Waals surface area contributed by atoms with Crippen molar-refractivity contribution in [3.8, 4) is 28.7 Å². The highest BCUT2D eigenvalue weighted by Gasteiger charge is 2.40. The number of rotatable bonds is 36. The second kappa shape index (κ2) is 51.6. The number of aromatic nitrogens is 7. The smallest absolute Gasteiger partial charge is 0.340 e. The average molecular weight is 1950 g/mol. The highest BCUT2D eigenvalue weighted by Crippen LogP contribution is 2.41. The predicted molar refractivity (Wildman–Crippen MR) is 482 cm³/mol. The van der Waals surface area contributed by atoms with Crippen LogP contribution in [0.3, 0.4) is 0 Å². The largest absolute Gasteiger partial charge is 0.508 e. The Morgan fingerprint density at radius 1 is 0.585 bits per heavy atom. The third-order valence-corrected chi connectivity index (χ3v) is 20.0. The molecule has 3 unspecified atom stereocenters. The number of ether oxygens (including phenoxy) is 7. The number of nitrogens with two attached hydrogens (primary N) is 6. The van der Waals surface area contributed by atoms with Crippen LogP contribution in [0, 0.1) is 0 Å². The van der Waals surface area contributed by atoms with E-state index in [0.29, 0.717) is 87.9 Å². The van der Waals surface area contributed by atoms with E-state index >= 15 is 0 Å². The highest BCUT2D eigenvalue weighted by atomic mass is 35.5. The summed E-state index contributed by atoms with van der Waals surface area (Å²) in [4.78, 5) is 179. The number of fused-ring (bicyclic) bond motifs is 2. The number of esters is 2. The van der Waals surface area contributed by atoms with E-state index in [2.05, 4.69) is 108 Å². The van der Waals surface area contributed by atoms with E-state index in [0.717, 1.165) is 28.2 Å². The van der Waals surface area contributed by atoms with Crippen LogP contribution < -0.4 is 112 Å². The Morgan fingerprint density at radius 3 is 1.56 bits per heavy atom. The number of carbonyl (C=O) groups excluding carboxylic acids is 14. The number of aromatic hydroxyl groups is 1. The van der Waals surface area contributed by atoms with Gasteiger partial charge in [-0.15, -0.1) is 0 Å². The number of nitrogens with one attached hydrogen (secondary N) is 10. The van der Waals surface area contributed by atoms with Crippen LogP contribution in [0.1, 0.15) is 122 Å². The van der Waals surface area contributed by atoms with Crippen molar-refractivity contribution in [3.63, 3.8) is 0 Å². The number of phenolic OH excluding ortho intramolecular Hbond substituents is 1. The Hall–Kier alpha value is -16.7. The lowest BCUT2D eigenvalue weighted by molar-refractivity contribution is -0.144. The first kappa shape index (κ1) is 102. The molecule has 135 heavy (non-hydrogen) atoms. The van der Waals surface area contributed by atoms with Crippen LogP contribution in [0.15, 0.2) is 147 Å². The van der Waals surface area contributed by atoms with Gasteiger partial charge in [0.05, 0.1) is 36.2 Å². The summed E-state index contributed by atoms with van der Waals surface area (Å²) >= 11 is 12.9. The van der Waals surface area contributed by atoms with E-state index in [9.17, 15) is 72.2 Å². The quantitative estimate of drug-likeness (QED) is 0.0114. The van der Waals surface area contributed by atoms with Crippen molar-refractivity contribution < 1.29 is 115 Å². The van der Waals surface area contributed by atoms with E-state index in [1.54, 1.807) is 98.9 Å². The first-order valence-electron chi connectivity index (χ1n) is 39.9. The molecule has 712 valence electrons. The van der Waals surface area contributed by atoms with Gasteiger partial charge in [0.2, 0.25) is 53.7 Å². The number of hydrazine groups is 2. The van der Waals surface area contributed by atoms with Crippen molar-refractivity contribution in [2.24, 2.45) is 21.7 Å². The zero-order valence-corrected chi connectivity index (χ0v) is 74.3. The monoisotopic (exact) mass is 1940 g/mol. The van der Waals surface area contributed by atoms with Crippen LogP contribution in [-0.4, -0.2) is 205 Å². The maximum absolute atomic E-state index is 14.0. The van der Waals surface area contributed by atoms with Gasteiger partial charge in [0.15, 0.2) is 36.1 Å². The number of pyridine rings is 1. The van der Waals surface area contributed by atoms with Gasteiger partial charge in [-0.05, 0) is 192 Å². The third-order valence-electron chi connectivity index (χ3n) is 17.8. The van der Waals surface area contributed by atoms with Crippen LogP contribution >= 0.6 is 46.3 Å². The Morgan fingerprint density at radius 2 is 1.08 bits per heavy atom. The normalized spacial score (nSPS) is 12.5. The van der Waals surface area contributed by atoms with Gasteiger partial charge in [-0.3, -0.25) is 99.8 Å². The number of halogens is 2. The van der Waals surface area contributed by atoms with E-state index in [1.165, 1.54) is 53.7 Å². The molecule has 0 aliphatic carbocycles. The summed E-state index contributed by atoms with van der Waals surface area (Å²) in [5.41, 5.74) is 47.4. The van der Waals surface area contributed by atoms with Crippen LogP contribution in [0.4, 0.5) is 49.9 Å². The lowest BCUT2D eigenvalue weighted by Crippen LogP contribution is -2.47. The topological polar surface area (TPSA) is 748 Å². The number of benzene rings is 5. The highest BCUT2D eigenvalue weighted by molar-refractivity contribution is 7.09. The zero-order valence-electron chi connectivity index (χ0n) is 71.1. The second-order valence-electron chi connectivity index (χ2n) is 27.3. The number of primary amides is 2. The Bertz CT molecular complexity index is 5760. The first-order chi connectivity index (χ1) is 64.9. The predicted octanol–water partition coefficient (Wildman–Crippen LogP) is 3.97. The molecule has 3 atom stereocenters. The van der Waals surface area contributed by atoms with Gasteiger partial charge < -0.3 is 88.2 Å². The molecule has 2 aliphatic heterocycles. The number of hydrogen-bond acceptors (Lipinski definition) is 39. The number of phenols is 1. The molecular formula is C80H87Cl2N27O24S2. The van der Waals surface area contributed by atoms with Gasteiger partial charge in [0.25, 0.3) is 35.4 Å². The summed E-state index contributed by atoms with van der Waals surface area (Å²) in [6, 6.07) is 27.9. The molecule has 5 aromatic heterocycles. The molecule has 55 heteroatoms. The van der Waals surface area contributed by atoms with Gasteiger partial charge >= 0.3 is 24.0 Å². The fourth-order valence-corrected chi connectivity index (χ4v) is 13.3. The Balaban J connectivity index is 0.000000204. The SMILES string of the molecule is CCOC(=O)CNC(=O)C(c1ccc(O)cc1)N(C(=O)c1snc(C(N)=O)c1N)c1ccc2c(c1)OCO2.CCOC(=O)CNC(=O)C(c1ccc2ncccc2c1)N(CC1CCCO1)C(=O)c1snc(C(N)=O)c1N.Nc1nonc1NC(=O)N/N=C/CCC/C=N/NC(=O)Nc1nonc1N.O=C(CCC(=O)NNC(=O)COc1ccc(Cl)cc1)NNC(=O)COc1ccc(Cl)cc1. The number of hydrogen-bond donors (Lipinski definition) is 17. The van der Waals surface area contributed by atoms with E-state index in [4.69, 9.17) is 90.8 Å². The Kier molecular flexibility index (Phi) is 39.0. The van der Waals surface area contributed by atoms with E-state index < -0.39 is 102 Å². The molecule has 0 radical (unpaired) electrons. The van der Waals surface area contributed by atoms with Crippen molar-refractivity contribution in [3.05, 3.63) is 170 Å². The van der Waals surface area contributed by atoms with Gasteiger partial charge in [-0.25, -0.2) is 29.7 Å². The van der Waals surface area contributed by atoms with Crippen molar-refractivity contribution in [1.82, 2.24) is 82.4 Å². The standard InChI is InChI=1S/C25H28N6O6S.C24H23N5O8S.C20H20Cl2N4O6.C11H16N12O4/c1-2-36-18(32)12-29-24(34)21(15-7-8-17-14(11-15)5-3-9-28-17)31(13-16-6-4-10-37-16)25(35)22-19(26)20(23(27)33)30-38-22;1-2-35-17(31)10-27-23(33)20(12-3-6-14(30)7-4-12)29(13-5-8-15-16(9-13)37-11-36-15)24(34)21-18(25)19(22(26)32)28-38-21;21-13-1-5-15(6-2-13)31-11-19(29)25-23-17(27)9-10-18(28)24-26-20(30)12-32-16-7-3-14(22)4-8-16;12-6-8(22-26-20-6)16-10(24)18-14-4-2-1-3-5-15-19-11(25)17-9-7(13)21-27-23-9/h3,5,7-9,11,16,21H,2,4,6,10,12-13,26H2,1H3,(H2,27,33)(H,29,34);3-9,20,30H,2,10-11,25H2,1H3,(H2,26,32)(H,27,33);1-8H,9-12H2,(H,23,27)(H,24,28)(H,25,29)(H,26,30);4-5H,1-3H2,(H2,12,20)(H2,13,21)(H2,16,18,22,24)(H2,17,19,23,25)/b;;;14-4+,15-5+. The minimum absolute atomic E-state index is 0.00190. The number of anilines is 7. The molecule has 51 nitrogen and oxygen atoms in total. The number of nitrogens with zero attached hydrogens (tertiary/aromatic N) is 11. The number of unbranched alkanes of at least 4 members (excludes halogenated alkanes) is 2. The first-order valence-corrected chi connectivity index (χ1v) is 42.2. The van der Waals surface area contributed by atoms with Gasteiger partial charge in [-0.1, -0.05) is 47.5 Å². The van der Waals surface area contributed by atoms with Crippen molar-refractivity contribution in [1.29, 1.82) is 0 Å². The van der Waals surface area contributed by atoms with Crippen molar-refractivity contribution in [2.45, 2.75) is 77.0 Å². The summed E-state index contributed by atoms with van der Waals surface area (Å²) in [6.45, 7) is 2.63. The van der Waals surface area contributed by atoms with Crippen LogP contribution in [-0.2, 0) is 52.6 Å². The molecule has 23 N–H and O–H groups in total. The Labute approximate surface area is 781 Å². The van der Waals surface area contributed by atoms with Gasteiger partial charge in [0, 0.05) is 71.8 Å². The van der Waals surface area contributed by atoms with Crippen LogP contribution in [0.5, 0.6) is 28.7 Å². The molecular weight excluding hydrogens is 1860 g/mol. The lowest BCUT2D eigenvalue weighted by Gasteiger charge is -2.33. The number of amides is 14. The lowest BCUT2D eigenvalue weighted by atomic mass is 10.0.